The molecule has 0 saturated carbocycles. The molecule has 1 heterocycles. The fraction of sp³-hybridized carbons (Fsp3) is 0.675. The summed E-state index contributed by atoms with van der Waals surface area (Å²) in [5.74, 6) is 1.18. The summed E-state index contributed by atoms with van der Waals surface area (Å²) >= 11 is 0. The van der Waals surface area contributed by atoms with Crippen molar-refractivity contribution >= 4 is 5.97 Å². The first-order valence-electron chi connectivity index (χ1n) is 18.4. The molecule has 3 rings (SSSR count). The van der Waals surface area contributed by atoms with Crippen LogP contribution in [0.5, 0.6) is 11.5 Å². The lowest BCUT2D eigenvalue weighted by Gasteiger charge is -2.36. The minimum atomic E-state index is -0.367. The van der Waals surface area contributed by atoms with E-state index in [-0.39, 0.29) is 23.8 Å². The minimum Gasteiger partial charge on any atom is -0.493 e. The van der Waals surface area contributed by atoms with E-state index in [9.17, 15) is 9.18 Å². The Labute approximate surface area is 279 Å². The maximum absolute atomic E-state index is 13.3. The second kappa shape index (κ2) is 22.8. The number of piperidine rings is 1. The van der Waals surface area contributed by atoms with Crippen molar-refractivity contribution < 1.29 is 23.4 Å². The van der Waals surface area contributed by atoms with Gasteiger partial charge < -0.3 is 19.1 Å². The van der Waals surface area contributed by atoms with Gasteiger partial charge in [-0.15, -0.1) is 0 Å². The lowest BCUT2D eigenvalue weighted by molar-refractivity contribution is -0.153. The van der Waals surface area contributed by atoms with E-state index in [2.05, 4.69) is 11.8 Å². The van der Waals surface area contributed by atoms with E-state index in [1.807, 2.05) is 30.3 Å². The summed E-state index contributed by atoms with van der Waals surface area (Å²) in [5, 5.41) is 0. The zero-order valence-electron chi connectivity index (χ0n) is 29.2. The highest BCUT2D eigenvalue weighted by molar-refractivity contribution is 5.70. The lowest BCUT2D eigenvalue weighted by atomic mass is 9.86. The Morgan fingerprint density at radius 3 is 1.89 bits per heavy atom. The zero-order valence-corrected chi connectivity index (χ0v) is 29.2. The minimum absolute atomic E-state index is 0.122. The third kappa shape index (κ3) is 14.0. The van der Waals surface area contributed by atoms with Crippen molar-refractivity contribution in [2.75, 3.05) is 33.9 Å². The van der Waals surface area contributed by atoms with Crippen molar-refractivity contribution in [3.63, 3.8) is 0 Å². The summed E-state index contributed by atoms with van der Waals surface area (Å²) in [6, 6.07) is 12.6. The van der Waals surface area contributed by atoms with E-state index >= 15 is 0 Å². The molecule has 2 aromatic rings. The molecule has 1 atom stereocenters. The summed E-state index contributed by atoms with van der Waals surface area (Å²) < 4.78 is 30.9. The second-order valence-corrected chi connectivity index (χ2v) is 13.2. The number of halogens is 1. The number of benzene rings is 2. The van der Waals surface area contributed by atoms with Crippen LogP contribution in [-0.4, -0.2) is 44.7 Å². The van der Waals surface area contributed by atoms with Crippen LogP contribution in [0, 0.1) is 11.7 Å². The SMILES string of the molecule is CCCCCCCCCCCCCCCCCC(=O)O[C@@H](c1cccc(OC)c1OC)C1CCN(CCc2ccc(F)cc2)CC1. The van der Waals surface area contributed by atoms with Crippen LogP contribution >= 0.6 is 0 Å². The number of hydrogen-bond donors (Lipinski definition) is 0. The van der Waals surface area contributed by atoms with Crippen molar-refractivity contribution in [2.45, 2.75) is 135 Å². The van der Waals surface area contributed by atoms with Gasteiger partial charge in [0.2, 0.25) is 0 Å². The maximum Gasteiger partial charge on any atom is 0.306 e. The predicted molar refractivity (Wildman–Crippen MR) is 187 cm³/mol. The molecule has 258 valence electrons. The molecule has 0 unspecified atom stereocenters. The molecule has 0 amide bonds. The maximum atomic E-state index is 13.3. The molecule has 46 heavy (non-hydrogen) atoms. The Morgan fingerprint density at radius 2 is 1.35 bits per heavy atom. The van der Waals surface area contributed by atoms with Crippen molar-refractivity contribution in [3.8, 4) is 11.5 Å². The molecule has 1 saturated heterocycles. The topological polar surface area (TPSA) is 48.0 Å². The number of carbonyl (C=O) groups is 1. The van der Waals surface area contributed by atoms with Gasteiger partial charge in [-0.2, -0.15) is 0 Å². The Kier molecular flexibility index (Phi) is 18.8. The van der Waals surface area contributed by atoms with Crippen LogP contribution in [0.2, 0.25) is 0 Å². The number of carbonyl (C=O) groups excluding carboxylic acids is 1. The number of ether oxygens (including phenoxy) is 3. The van der Waals surface area contributed by atoms with Crippen molar-refractivity contribution in [3.05, 3.63) is 59.4 Å². The van der Waals surface area contributed by atoms with Crippen LogP contribution in [0.1, 0.15) is 140 Å². The van der Waals surface area contributed by atoms with Crippen LogP contribution < -0.4 is 9.47 Å². The molecular formula is C40H62FNO4. The van der Waals surface area contributed by atoms with Gasteiger partial charge in [0.05, 0.1) is 14.2 Å². The molecule has 1 aliphatic rings. The van der Waals surface area contributed by atoms with Crippen molar-refractivity contribution in [2.24, 2.45) is 5.92 Å². The quantitative estimate of drug-likeness (QED) is 0.0845. The number of likely N-dealkylation sites (tertiary alicyclic amines) is 1. The summed E-state index contributed by atoms with van der Waals surface area (Å²) in [7, 11) is 3.28. The zero-order chi connectivity index (χ0) is 32.8. The Morgan fingerprint density at radius 1 is 0.783 bits per heavy atom. The fourth-order valence-corrected chi connectivity index (χ4v) is 6.81. The van der Waals surface area contributed by atoms with Crippen LogP contribution in [0.4, 0.5) is 4.39 Å². The number of hydrogen-bond acceptors (Lipinski definition) is 5. The van der Waals surface area contributed by atoms with E-state index in [0.717, 1.165) is 62.9 Å². The van der Waals surface area contributed by atoms with Crippen LogP contribution in [0.25, 0.3) is 0 Å². The van der Waals surface area contributed by atoms with Crippen LogP contribution in [0.3, 0.4) is 0 Å². The molecule has 1 aliphatic heterocycles. The number of nitrogens with zero attached hydrogens (tertiary/aromatic N) is 1. The normalized spacial score (nSPS) is 14.7. The molecule has 1 fully saturated rings. The van der Waals surface area contributed by atoms with Gasteiger partial charge in [-0.1, -0.05) is 121 Å². The molecule has 0 aromatic heterocycles. The van der Waals surface area contributed by atoms with E-state index in [0.29, 0.717) is 17.9 Å². The average Bonchev–Trinajstić information content (AvgIpc) is 3.08. The number of methoxy groups -OCH3 is 2. The number of unbranched alkanes of at least 4 members (excludes halogenated alkanes) is 14. The van der Waals surface area contributed by atoms with Gasteiger partial charge >= 0.3 is 5.97 Å². The van der Waals surface area contributed by atoms with Gasteiger partial charge in [0.15, 0.2) is 11.5 Å². The average molecular weight is 640 g/mol. The highest BCUT2D eigenvalue weighted by atomic mass is 19.1. The van der Waals surface area contributed by atoms with Gasteiger partial charge in [-0.25, -0.2) is 4.39 Å². The van der Waals surface area contributed by atoms with Crippen LogP contribution in [-0.2, 0) is 16.0 Å². The smallest absolute Gasteiger partial charge is 0.306 e. The molecule has 0 bridgehead atoms. The van der Waals surface area contributed by atoms with Gasteiger partial charge in [0.1, 0.15) is 11.9 Å². The molecule has 2 aromatic carbocycles. The third-order valence-corrected chi connectivity index (χ3v) is 9.67. The van der Waals surface area contributed by atoms with Crippen molar-refractivity contribution in [1.29, 1.82) is 0 Å². The first kappa shape index (κ1) is 37.9. The monoisotopic (exact) mass is 639 g/mol. The molecule has 0 N–H and O–H groups in total. The van der Waals surface area contributed by atoms with Gasteiger partial charge in [-0.05, 0) is 62.5 Å². The standard InChI is InChI=1S/C40H62FNO4/c1-4-5-6-7-8-9-10-11-12-13-14-15-16-17-18-22-38(43)46-39(36-20-19-21-37(44-2)40(36)45-3)34-28-31-42(32-29-34)30-27-33-23-25-35(41)26-24-33/h19-21,23-26,34,39H,4-18,22,27-32H2,1-3H3/t39-/m1/s1. The highest BCUT2D eigenvalue weighted by Crippen LogP contribution is 2.42. The molecule has 0 radical (unpaired) electrons. The predicted octanol–water partition coefficient (Wildman–Crippen LogP) is 10.6. The Hall–Kier alpha value is -2.60. The molecule has 5 nitrogen and oxygen atoms in total. The summed E-state index contributed by atoms with van der Waals surface area (Å²) in [4.78, 5) is 15.6. The Balaban J connectivity index is 1.39. The highest BCUT2D eigenvalue weighted by Gasteiger charge is 2.33. The summed E-state index contributed by atoms with van der Waals surface area (Å²) in [6.07, 6.45) is 22.4. The first-order chi connectivity index (χ1) is 22.5. The van der Waals surface area contributed by atoms with E-state index < -0.39 is 0 Å². The molecule has 6 heteroatoms. The molecular weight excluding hydrogens is 577 g/mol. The van der Waals surface area contributed by atoms with Gasteiger partial charge in [-0.3, -0.25) is 4.79 Å². The lowest BCUT2D eigenvalue weighted by Crippen LogP contribution is -2.37. The second-order valence-electron chi connectivity index (χ2n) is 13.2. The van der Waals surface area contributed by atoms with E-state index in [1.54, 1.807) is 14.2 Å². The largest absolute Gasteiger partial charge is 0.493 e. The van der Waals surface area contributed by atoms with E-state index in [1.165, 1.54) is 95.6 Å². The van der Waals surface area contributed by atoms with Crippen molar-refractivity contribution in [1.82, 2.24) is 4.90 Å². The fourth-order valence-electron chi connectivity index (χ4n) is 6.81. The Bertz CT molecular complexity index is 1080. The summed E-state index contributed by atoms with van der Waals surface area (Å²) in [5.41, 5.74) is 2.03. The number of esters is 1. The summed E-state index contributed by atoms with van der Waals surface area (Å²) in [6.45, 7) is 5.08. The van der Waals surface area contributed by atoms with E-state index in [4.69, 9.17) is 14.2 Å². The van der Waals surface area contributed by atoms with Gasteiger partial charge in [0.25, 0.3) is 0 Å². The van der Waals surface area contributed by atoms with Gasteiger partial charge in [0, 0.05) is 24.4 Å². The number of para-hydroxylation sites is 1. The third-order valence-electron chi connectivity index (χ3n) is 9.67. The molecule has 0 aliphatic carbocycles. The first-order valence-corrected chi connectivity index (χ1v) is 18.4. The number of rotatable bonds is 24. The van der Waals surface area contributed by atoms with Crippen LogP contribution in [0.15, 0.2) is 42.5 Å². The molecule has 0 spiro atoms.